The molecule has 0 radical (unpaired) electrons. The molecule has 3 heterocycles. The highest BCUT2D eigenvalue weighted by atomic mass is 32.1. The van der Waals surface area contributed by atoms with Crippen LogP contribution in [0.5, 0.6) is 0 Å². The predicted molar refractivity (Wildman–Crippen MR) is 164 cm³/mol. The van der Waals surface area contributed by atoms with Gasteiger partial charge in [-0.1, -0.05) is 103 Å². The number of hydrogen-bond acceptors (Lipinski definition) is 4. The summed E-state index contributed by atoms with van der Waals surface area (Å²) in [6.45, 7) is 0. The number of fused-ring (bicyclic) bond motifs is 7. The monoisotopic (exact) mass is 515 g/mol. The Morgan fingerprint density at radius 3 is 1.77 bits per heavy atom. The SMILES string of the molecule is c1ccc(-c2cc(-c3ccccc3)nc(-c3nc4ccccc4c4ccc5sc6ccccc6c5c34)n2)cc1. The standard InChI is InChI=1S/C35H21N3S/c1-3-11-22(12-4-1)28-21-29(23-13-5-2-6-14-23)38-35(37-28)34-33-25(24-15-7-9-17-27(24)36-34)19-20-31-32(33)26-16-8-10-18-30(26)39-31/h1-21H. The summed E-state index contributed by atoms with van der Waals surface area (Å²) in [5, 5.41) is 5.87. The zero-order valence-corrected chi connectivity index (χ0v) is 21.7. The van der Waals surface area contributed by atoms with Crippen molar-refractivity contribution in [2.24, 2.45) is 0 Å². The third-order valence-electron chi connectivity index (χ3n) is 7.28. The van der Waals surface area contributed by atoms with Crippen LogP contribution in [-0.4, -0.2) is 15.0 Å². The number of aromatic nitrogens is 3. The lowest BCUT2D eigenvalue weighted by Gasteiger charge is -2.13. The lowest BCUT2D eigenvalue weighted by atomic mass is 9.98. The van der Waals surface area contributed by atoms with Crippen LogP contribution >= 0.6 is 11.3 Å². The minimum atomic E-state index is 0.633. The molecule has 0 atom stereocenters. The van der Waals surface area contributed by atoms with Gasteiger partial charge in [0.15, 0.2) is 5.82 Å². The molecule has 0 fully saturated rings. The van der Waals surface area contributed by atoms with Crippen LogP contribution in [0.15, 0.2) is 127 Å². The van der Waals surface area contributed by atoms with Gasteiger partial charge in [-0.05, 0) is 29.7 Å². The minimum Gasteiger partial charge on any atom is -0.244 e. The van der Waals surface area contributed by atoms with E-state index in [1.54, 1.807) is 0 Å². The molecule has 0 saturated carbocycles. The van der Waals surface area contributed by atoms with E-state index in [1.807, 2.05) is 53.8 Å². The normalized spacial score (nSPS) is 11.6. The summed E-state index contributed by atoms with van der Waals surface area (Å²) in [7, 11) is 0. The van der Waals surface area contributed by atoms with E-state index in [0.29, 0.717) is 5.82 Å². The van der Waals surface area contributed by atoms with E-state index in [9.17, 15) is 0 Å². The Balaban J connectivity index is 1.54. The van der Waals surface area contributed by atoms with Crippen molar-refractivity contribution in [1.82, 2.24) is 15.0 Å². The summed E-state index contributed by atoms with van der Waals surface area (Å²) in [4.78, 5) is 15.6. The summed E-state index contributed by atoms with van der Waals surface area (Å²) < 4.78 is 2.51. The molecule has 0 aliphatic rings. The van der Waals surface area contributed by atoms with Gasteiger partial charge < -0.3 is 0 Å². The van der Waals surface area contributed by atoms with Crippen LogP contribution in [0.3, 0.4) is 0 Å². The van der Waals surface area contributed by atoms with Gasteiger partial charge in [-0.15, -0.1) is 11.3 Å². The highest BCUT2D eigenvalue weighted by Gasteiger charge is 2.20. The van der Waals surface area contributed by atoms with Gasteiger partial charge >= 0.3 is 0 Å². The van der Waals surface area contributed by atoms with E-state index in [4.69, 9.17) is 15.0 Å². The van der Waals surface area contributed by atoms with E-state index in [-0.39, 0.29) is 0 Å². The molecule has 3 aromatic heterocycles. The first kappa shape index (κ1) is 22.1. The molecule has 0 amide bonds. The van der Waals surface area contributed by atoms with Crippen molar-refractivity contribution in [3.63, 3.8) is 0 Å². The summed E-state index contributed by atoms with van der Waals surface area (Å²) >= 11 is 1.82. The molecule has 0 spiro atoms. The first-order valence-electron chi connectivity index (χ1n) is 13.0. The average molecular weight is 516 g/mol. The van der Waals surface area contributed by atoms with Crippen LogP contribution < -0.4 is 0 Å². The van der Waals surface area contributed by atoms with Gasteiger partial charge in [0.25, 0.3) is 0 Å². The summed E-state index contributed by atoms with van der Waals surface area (Å²) in [5.41, 5.74) is 5.61. The molecular formula is C35H21N3S. The number of nitrogens with zero attached hydrogens (tertiary/aromatic N) is 3. The molecule has 0 N–H and O–H groups in total. The Morgan fingerprint density at radius 1 is 0.436 bits per heavy atom. The topological polar surface area (TPSA) is 38.7 Å². The van der Waals surface area contributed by atoms with Crippen molar-refractivity contribution in [1.29, 1.82) is 0 Å². The lowest BCUT2D eigenvalue weighted by Crippen LogP contribution is -1.99. The molecule has 0 saturated heterocycles. The Bertz CT molecular complexity index is 2110. The second-order valence-electron chi connectivity index (χ2n) is 9.63. The minimum absolute atomic E-state index is 0.633. The fraction of sp³-hybridized carbons (Fsp3) is 0. The largest absolute Gasteiger partial charge is 0.244 e. The Morgan fingerprint density at radius 2 is 1.05 bits per heavy atom. The maximum atomic E-state index is 5.26. The smallest absolute Gasteiger partial charge is 0.179 e. The molecule has 5 aromatic carbocycles. The third-order valence-corrected chi connectivity index (χ3v) is 8.42. The lowest BCUT2D eigenvalue weighted by molar-refractivity contribution is 1.16. The Labute approximate surface area is 229 Å². The number of thiophene rings is 1. The summed E-state index contributed by atoms with van der Waals surface area (Å²) in [6, 6.07) is 44.2. The molecule has 0 unspecified atom stereocenters. The van der Waals surface area contributed by atoms with E-state index < -0.39 is 0 Å². The zero-order chi connectivity index (χ0) is 25.8. The first-order chi connectivity index (χ1) is 19.3. The van der Waals surface area contributed by atoms with Crippen molar-refractivity contribution in [2.45, 2.75) is 0 Å². The Hall–Kier alpha value is -4.93. The molecule has 3 nitrogen and oxygen atoms in total. The zero-order valence-electron chi connectivity index (χ0n) is 20.9. The van der Waals surface area contributed by atoms with Crippen LogP contribution in [-0.2, 0) is 0 Å². The van der Waals surface area contributed by atoms with Crippen molar-refractivity contribution >= 4 is 53.2 Å². The predicted octanol–water partition coefficient (Wildman–Crippen LogP) is 9.55. The highest BCUT2D eigenvalue weighted by Crippen LogP contribution is 2.43. The van der Waals surface area contributed by atoms with Crippen molar-refractivity contribution in [2.75, 3.05) is 0 Å². The van der Waals surface area contributed by atoms with Crippen molar-refractivity contribution < 1.29 is 0 Å². The second-order valence-corrected chi connectivity index (χ2v) is 10.7. The molecule has 0 aliphatic carbocycles. The van der Waals surface area contributed by atoms with E-state index in [1.165, 1.54) is 25.6 Å². The first-order valence-corrected chi connectivity index (χ1v) is 13.8. The number of benzene rings is 5. The number of hydrogen-bond donors (Lipinski definition) is 0. The van der Waals surface area contributed by atoms with Crippen molar-refractivity contribution in [3.05, 3.63) is 127 Å². The van der Waals surface area contributed by atoms with E-state index in [2.05, 4.69) is 84.9 Å². The van der Waals surface area contributed by atoms with Crippen LogP contribution in [0.25, 0.3) is 75.9 Å². The van der Waals surface area contributed by atoms with Gasteiger partial charge in [-0.2, -0.15) is 0 Å². The fourth-order valence-corrected chi connectivity index (χ4v) is 6.60. The van der Waals surface area contributed by atoms with Crippen molar-refractivity contribution in [3.8, 4) is 34.0 Å². The van der Waals surface area contributed by atoms with Gasteiger partial charge in [0.05, 0.1) is 16.9 Å². The maximum Gasteiger partial charge on any atom is 0.179 e. The van der Waals surface area contributed by atoms with Crippen LogP contribution in [0.1, 0.15) is 0 Å². The number of rotatable bonds is 3. The molecule has 8 rings (SSSR count). The number of pyridine rings is 1. The van der Waals surface area contributed by atoms with E-state index in [0.717, 1.165) is 44.5 Å². The van der Waals surface area contributed by atoms with Crippen LogP contribution in [0, 0.1) is 0 Å². The Kier molecular flexibility index (Phi) is 5.00. The fourth-order valence-electron chi connectivity index (χ4n) is 5.49. The molecule has 182 valence electrons. The molecule has 4 heteroatoms. The van der Waals surface area contributed by atoms with Gasteiger partial charge in [-0.3, -0.25) is 0 Å². The van der Waals surface area contributed by atoms with Gasteiger partial charge in [0.2, 0.25) is 0 Å². The second kappa shape index (κ2) is 8.83. The van der Waals surface area contributed by atoms with E-state index >= 15 is 0 Å². The third kappa shape index (κ3) is 3.61. The summed E-state index contributed by atoms with van der Waals surface area (Å²) in [5.74, 6) is 0.633. The van der Waals surface area contributed by atoms with Crippen LogP contribution in [0.4, 0.5) is 0 Å². The summed E-state index contributed by atoms with van der Waals surface area (Å²) in [6.07, 6.45) is 0. The molecule has 0 bridgehead atoms. The number of para-hydroxylation sites is 1. The maximum absolute atomic E-state index is 5.26. The van der Waals surface area contributed by atoms with Gasteiger partial charge in [0, 0.05) is 42.1 Å². The quantitative estimate of drug-likeness (QED) is 0.220. The average Bonchev–Trinajstić information content (AvgIpc) is 3.40. The van der Waals surface area contributed by atoms with Crippen LogP contribution in [0.2, 0.25) is 0 Å². The molecule has 39 heavy (non-hydrogen) atoms. The highest BCUT2D eigenvalue weighted by molar-refractivity contribution is 7.26. The van der Waals surface area contributed by atoms with Gasteiger partial charge in [-0.25, -0.2) is 15.0 Å². The van der Waals surface area contributed by atoms with Gasteiger partial charge in [0.1, 0.15) is 5.69 Å². The molecule has 8 aromatic rings. The molecule has 0 aliphatic heterocycles. The molecular weight excluding hydrogens is 494 g/mol.